The van der Waals surface area contributed by atoms with Gasteiger partial charge in [0, 0.05) is 11.6 Å². The predicted octanol–water partition coefficient (Wildman–Crippen LogP) is 1.79. The van der Waals surface area contributed by atoms with Crippen molar-refractivity contribution in [3.8, 4) is 6.07 Å². The van der Waals surface area contributed by atoms with Crippen LogP contribution in [0.4, 0.5) is 10.5 Å². The molecule has 2 amide bonds. The topological polar surface area (TPSA) is 103 Å². The average Bonchev–Trinajstić information content (AvgIpc) is 2.47. The first kappa shape index (κ1) is 15.1. The number of hydrogen-bond donors (Lipinski definition) is 2. The van der Waals surface area contributed by atoms with Gasteiger partial charge in [0.05, 0.1) is 30.5 Å². The number of amides is 2. The Balaban J connectivity index is 2.14. The fraction of sp³-hybridized carbons (Fsp3) is 0.308. The first-order chi connectivity index (χ1) is 10.0. The summed E-state index contributed by atoms with van der Waals surface area (Å²) in [6.45, 7) is 0.714. The van der Waals surface area contributed by atoms with Gasteiger partial charge in [-0.2, -0.15) is 5.26 Å². The van der Waals surface area contributed by atoms with Crippen molar-refractivity contribution in [1.82, 2.24) is 4.90 Å². The number of rotatable bonds is 2. The van der Waals surface area contributed by atoms with E-state index in [-0.39, 0.29) is 24.4 Å². The minimum Gasteiger partial charge on any atom is -0.478 e. The van der Waals surface area contributed by atoms with Gasteiger partial charge in [-0.3, -0.25) is 0 Å². The molecule has 7 nitrogen and oxygen atoms in total. The summed E-state index contributed by atoms with van der Waals surface area (Å²) in [5.41, 5.74) is 0.0536. The standard InChI is InChI=1S/C13H12ClN3O4/c14-8-1-2-10(12(18)19)11(5-8)16-13(20)17-3-4-21-9(6-15)7-17/h1-2,5,9H,3-4,7H2,(H,16,20)(H,18,19). The second-order valence-electron chi connectivity index (χ2n) is 4.36. The molecule has 1 aromatic carbocycles. The highest BCUT2D eigenvalue weighted by Crippen LogP contribution is 2.22. The molecule has 1 aromatic rings. The number of nitrogens with zero attached hydrogens (tertiary/aromatic N) is 2. The van der Waals surface area contributed by atoms with Crippen LogP contribution in [0, 0.1) is 11.3 Å². The zero-order valence-corrected chi connectivity index (χ0v) is 11.6. The highest BCUT2D eigenvalue weighted by atomic mass is 35.5. The average molecular weight is 310 g/mol. The van der Waals surface area contributed by atoms with Crippen molar-refractivity contribution in [2.24, 2.45) is 0 Å². The van der Waals surface area contributed by atoms with Crippen molar-refractivity contribution < 1.29 is 19.4 Å². The van der Waals surface area contributed by atoms with E-state index < -0.39 is 18.1 Å². The van der Waals surface area contributed by atoms with Crippen LogP contribution >= 0.6 is 11.6 Å². The molecule has 0 bridgehead atoms. The molecule has 8 heteroatoms. The van der Waals surface area contributed by atoms with Crippen molar-refractivity contribution in [3.05, 3.63) is 28.8 Å². The minimum atomic E-state index is -1.17. The Labute approximate surface area is 125 Å². The highest BCUT2D eigenvalue weighted by molar-refractivity contribution is 6.31. The van der Waals surface area contributed by atoms with Gasteiger partial charge in [0.15, 0.2) is 6.10 Å². The smallest absolute Gasteiger partial charge is 0.337 e. The van der Waals surface area contributed by atoms with E-state index in [4.69, 9.17) is 26.7 Å². The second-order valence-corrected chi connectivity index (χ2v) is 4.80. The number of anilines is 1. The molecule has 0 radical (unpaired) electrons. The number of benzene rings is 1. The molecule has 0 aliphatic carbocycles. The van der Waals surface area contributed by atoms with Crippen LogP contribution in [-0.2, 0) is 4.74 Å². The second kappa shape index (κ2) is 6.43. The molecular weight excluding hydrogens is 298 g/mol. The highest BCUT2D eigenvalue weighted by Gasteiger charge is 2.25. The van der Waals surface area contributed by atoms with Gasteiger partial charge >= 0.3 is 12.0 Å². The Bertz CT molecular complexity index is 614. The Kier molecular flexibility index (Phi) is 4.62. The zero-order valence-electron chi connectivity index (χ0n) is 10.9. The van der Waals surface area contributed by atoms with E-state index in [0.717, 1.165) is 0 Å². The Morgan fingerprint density at radius 2 is 2.29 bits per heavy atom. The first-order valence-corrected chi connectivity index (χ1v) is 6.49. The lowest BCUT2D eigenvalue weighted by molar-refractivity contribution is 0.0181. The number of carbonyl (C=O) groups excluding carboxylic acids is 1. The first-order valence-electron chi connectivity index (χ1n) is 6.11. The Morgan fingerprint density at radius 3 is 2.95 bits per heavy atom. The fourth-order valence-corrected chi connectivity index (χ4v) is 2.08. The summed E-state index contributed by atoms with van der Waals surface area (Å²) >= 11 is 5.82. The van der Waals surface area contributed by atoms with E-state index in [2.05, 4.69) is 5.32 Å². The van der Waals surface area contributed by atoms with E-state index in [1.165, 1.54) is 23.1 Å². The van der Waals surface area contributed by atoms with E-state index in [9.17, 15) is 9.59 Å². The van der Waals surface area contributed by atoms with Crippen molar-refractivity contribution in [2.45, 2.75) is 6.10 Å². The lowest BCUT2D eigenvalue weighted by Gasteiger charge is -2.29. The fourth-order valence-electron chi connectivity index (χ4n) is 1.91. The third-order valence-electron chi connectivity index (χ3n) is 2.95. The number of carboxylic acid groups (broad SMARTS) is 1. The molecule has 110 valence electrons. The predicted molar refractivity (Wildman–Crippen MR) is 74.4 cm³/mol. The van der Waals surface area contributed by atoms with Gasteiger partial charge in [-0.05, 0) is 18.2 Å². The van der Waals surface area contributed by atoms with E-state index in [1.807, 2.05) is 6.07 Å². The lowest BCUT2D eigenvalue weighted by Crippen LogP contribution is -2.47. The van der Waals surface area contributed by atoms with Crippen molar-refractivity contribution >= 4 is 29.3 Å². The molecule has 0 saturated carbocycles. The summed E-state index contributed by atoms with van der Waals surface area (Å²) in [7, 11) is 0. The summed E-state index contributed by atoms with van der Waals surface area (Å²) in [4.78, 5) is 24.6. The molecule has 2 rings (SSSR count). The largest absolute Gasteiger partial charge is 0.478 e. The third-order valence-corrected chi connectivity index (χ3v) is 3.19. The number of ether oxygens (including phenoxy) is 1. The maximum Gasteiger partial charge on any atom is 0.337 e. The van der Waals surface area contributed by atoms with Crippen LogP contribution in [0.3, 0.4) is 0 Å². The molecular formula is C13H12ClN3O4. The molecule has 0 spiro atoms. The van der Waals surface area contributed by atoms with Gasteiger partial charge in [-0.15, -0.1) is 0 Å². The third kappa shape index (κ3) is 3.62. The SMILES string of the molecule is N#CC1CN(C(=O)Nc2cc(Cl)ccc2C(=O)O)CCO1. The van der Waals surface area contributed by atoms with Gasteiger partial charge in [0.1, 0.15) is 0 Å². The van der Waals surface area contributed by atoms with Gasteiger partial charge in [-0.25, -0.2) is 9.59 Å². The number of nitriles is 1. The van der Waals surface area contributed by atoms with Gasteiger partial charge < -0.3 is 20.1 Å². The monoisotopic (exact) mass is 309 g/mol. The van der Waals surface area contributed by atoms with Crippen LogP contribution in [0.2, 0.25) is 5.02 Å². The van der Waals surface area contributed by atoms with E-state index >= 15 is 0 Å². The van der Waals surface area contributed by atoms with Crippen LogP contribution < -0.4 is 5.32 Å². The molecule has 1 saturated heterocycles. The molecule has 1 aliphatic heterocycles. The zero-order chi connectivity index (χ0) is 15.4. The number of hydrogen-bond acceptors (Lipinski definition) is 4. The van der Waals surface area contributed by atoms with E-state index in [0.29, 0.717) is 11.6 Å². The maximum absolute atomic E-state index is 12.1. The van der Waals surface area contributed by atoms with E-state index in [1.54, 1.807) is 0 Å². The molecule has 1 heterocycles. The van der Waals surface area contributed by atoms with Crippen molar-refractivity contribution in [3.63, 3.8) is 0 Å². The van der Waals surface area contributed by atoms with Gasteiger partial charge in [0.2, 0.25) is 0 Å². The summed E-state index contributed by atoms with van der Waals surface area (Å²) in [5, 5.41) is 20.7. The van der Waals surface area contributed by atoms with Gasteiger partial charge in [0.25, 0.3) is 0 Å². The maximum atomic E-state index is 12.1. The van der Waals surface area contributed by atoms with Crippen LogP contribution in [0.15, 0.2) is 18.2 Å². The van der Waals surface area contributed by atoms with Crippen LogP contribution in [-0.4, -0.2) is 47.8 Å². The Hall–Kier alpha value is -2.30. The molecule has 2 N–H and O–H groups in total. The molecule has 1 fully saturated rings. The van der Waals surface area contributed by atoms with Crippen molar-refractivity contribution in [1.29, 1.82) is 5.26 Å². The summed E-state index contributed by atoms with van der Waals surface area (Å²) in [6, 6.07) is 5.55. The van der Waals surface area contributed by atoms with Crippen LogP contribution in [0.25, 0.3) is 0 Å². The van der Waals surface area contributed by atoms with Crippen LogP contribution in [0.5, 0.6) is 0 Å². The molecule has 0 aromatic heterocycles. The molecule has 1 aliphatic rings. The summed E-state index contributed by atoms with van der Waals surface area (Å²) < 4.78 is 5.14. The number of aromatic carboxylic acids is 1. The number of nitrogens with one attached hydrogen (secondary N) is 1. The molecule has 1 atom stereocenters. The number of morpholine rings is 1. The number of carboxylic acids is 1. The number of urea groups is 1. The molecule has 21 heavy (non-hydrogen) atoms. The summed E-state index contributed by atoms with van der Waals surface area (Å²) in [6.07, 6.45) is -0.678. The number of carbonyl (C=O) groups is 2. The summed E-state index contributed by atoms with van der Waals surface area (Å²) in [5.74, 6) is -1.17. The lowest BCUT2D eigenvalue weighted by atomic mass is 10.2. The minimum absolute atomic E-state index is 0.0576. The number of halogens is 1. The van der Waals surface area contributed by atoms with Crippen molar-refractivity contribution in [2.75, 3.05) is 25.0 Å². The normalized spacial score (nSPS) is 17.9. The van der Waals surface area contributed by atoms with Gasteiger partial charge in [-0.1, -0.05) is 11.6 Å². The Morgan fingerprint density at radius 1 is 1.52 bits per heavy atom. The van der Waals surface area contributed by atoms with Crippen LogP contribution in [0.1, 0.15) is 10.4 Å². The molecule has 1 unspecified atom stereocenters. The quantitative estimate of drug-likeness (QED) is 0.867.